The standard InChI is InChI=1S/C17H13F3N2O4/c1-10(23)21-14-5-3-2-4-13(14)15(24)16(25)22-11-6-8-12(9-7-11)26-17(18,19)20/h2-9H,1H3,(H,21,23)(H,22,25). The zero-order valence-corrected chi connectivity index (χ0v) is 13.4. The molecule has 0 aliphatic carbocycles. The van der Waals surface area contributed by atoms with Crippen LogP contribution < -0.4 is 15.4 Å². The first-order valence-corrected chi connectivity index (χ1v) is 7.24. The Bertz CT molecular complexity index is 833. The Kier molecular flexibility index (Phi) is 5.61. The first-order chi connectivity index (χ1) is 12.2. The van der Waals surface area contributed by atoms with Crippen LogP contribution in [-0.2, 0) is 9.59 Å². The number of hydrogen-bond acceptors (Lipinski definition) is 4. The van der Waals surface area contributed by atoms with E-state index in [1.807, 2.05) is 0 Å². The fourth-order valence-corrected chi connectivity index (χ4v) is 2.03. The van der Waals surface area contributed by atoms with Gasteiger partial charge in [-0.25, -0.2) is 0 Å². The Hall–Kier alpha value is -3.36. The van der Waals surface area contributed by atoms with Gasteiger partial charge in [0, 0.05) is 12.6 Å². The highest BCUT2D eigenvalue weighted by molar-refractivity contribution is 6.47. The number of halogens is 3. The number of Topliss-reactive ketones (excluding diaryl/α,β-unsaturated/α-hetero) is 1. The van der Waals surface area contributed by atoms with Crippen molar-refractivity contribution < 1.29 is 32.3 Å². The maximum absolute atomic E-state index is 12.3. The van der Waals surface area contributed by atoms with E-state index in [4.69, 9.17) is 0 Å². The molecule has 2 rings (SSSR count). The molecule has 0 radical (unpaired) electrons. The van der Waals surface area contributed by atoms with Crippen LogP contribution >= 0.6 is 0 Å². The number of benzene rings is 2. The molecule has 0 heterocycles. The summed E-state index contributed by atoms with van der Waals surface area (Å²) >= 11 is 0. The van der Waals surface area contributed by atoms with Crippen molar-refractivity contribution in [2.75, 3.05) is 10.6 Å². The van der Waals surface area contributed by atoms with Crippen LogP contribution in [0.1, 0.15) is 17.3 Å². The molecule has 6 nitrogen and oxygen atoms in total. The number of para-hydroxylation sites is 1. The van der Waals surface area contributed by atoms with Crippen molar-refractivity contribution in [1.29, 1.82) is 0 Å². The van der Waals surface area contributed by atoms with Crippen molar-refractivity contribution >= 4 is 29.0 Å². The average molecular weight is 366 g/mol. The van der Waals surface area contributed by atoms with E-state index in [0.29, 0.717) is 0 Å². The summed E-state index contributed by atoms with van der Waals surface area (Å²) in [6, 6.07) is 10.3. The Morgan fingerprint density at radius 3 is 2.12 bits per heavy atom. The SMILES string of the molecule is CC(=O)Nc1ccccc1C(=O)C(=O)Nc1ccc(OC(F)(F)F)cc1. The molecule has 2 N–H and O–H groups in total. The molecule has 0 saturated carbocycles. The van der Waals surface area contributed by atoms with Crippen molar-refractivity contribution in [3.63, 3.8) is 0 Å². The molecule has 26 heavy (non-hydrogen) atoms. The van der Waals surface area contributed by atoms with Crippen LogP contribution in [0.25, 0.3) is 0 Å². The number of amides is 2. The third-order valence-corrected chi connectivity index (χ3v) is 3.03. The van der Waals surface area contributed by atoms with E-state index in [9.17, 15) is 27.6 Å². The van der Waals surface area contributed by atoms with Gasteiger partial charge in [-0.2, -0.15) is 0 Å². The highest BCUT2D eigenvalue weighted by atomic mass is 19.4. The van der Waals surface area contributed by atoms with Gasteiger partial charge in [-0.15, -0.1) is 13.2 Å². The van der Waals surface area contributed by atoms with Crippen molar-refractivity contribution in [2.24, 2.45) is 0 Å². The molecule has 0 fully saturated rings. The smallest absolute Gasteiger partial charge is 0.406 e. The molecule has 0 saturated heterocycles. The second-order valence-corrected chi connectivity index (χ2v) is 5.08. The van der Waals surface area contributed by atoms with E-state index in [2.05, 4.69) is 15.4 Å². The molecule has 9 heteroatoms. The van der Waals surface area contributed by atoms with Gasteiger partial charge in [-0.1, -0.05) is 12.1 Å². The van der Waals surface area contributed by atoms with E-state index in [-0.39, 0.29) is 16.9 Å². The van der Waals surface area contributed by atoms with E-state index in [1.54, 1.807) is 6.07 Å². The summed E-state index contributed by atoms with van der Waals surface area (Å²) in [7, 11) is 0. The molecule has 2 amide bonds. The first-order valence-electron chi connectivity index (χ1n) is 7.24. The maximum Gasteiger partial charge on any atom is 0.573 e. The zero-order chi connectivity index (χ0) is 19.3. The lowest BCUT2D eigenvalue weighted by Crippen LogP contribution is -2.24. The van der Waals surface area contributed by atoms with E-state index < -0.39 is 29.7 Å². The van der Waals surface area contributed by atoms with Crippen molar-refractivity contribution in [3.8, 4) is 5.75 Å². The fourth-order valence-electron chi connectivity index (χ4n) is 2.03. The van der Waals surface area contributed by atoms with Gasteiger partial charge in [0.1, 0.15) is 5.75 Å². The highest BCUT2D eigenvalue weighted by Crippen LogP contribution is 2.24. The number of rotatable bonds is 5. The van der Waals surface area contributed by atoms with Gasteiger partial charge in [0.05, 0.1) is 11.3 Å². The number of alkyl halides is 3. The van der Waals surface area contributed by atoms with Crippen LogP contribution in [0.2, 0.25) is 0 Å². The Labute approximate surface area is 146 Å². The van der Waals surface area contributed by atoms with Gasteiger partial charge in [0.2, 0.25) is 5.91 Å². The molecule has 0 aliphatic heterocycles. The highest BCUT2D eigenvalue weighted by Gasteiger charge is 2.31. The molecule has 0 unspecified atom stereocenters. The summed E-state index contributed by atoms with van der Waals surface area (Å²) < 4.78 is 40.0. The van der Waals surface area contributed by atoms with E-state index in [1.165, 1.54) is 25.1 Å². The number of anilines is 2. The number of nitrogens with one attached hydrogen (secondary N) is 2. The monoisotopic (exact) mass is 366 g/mol. The summed E-state index contributed by atoms with van der Waals surface area (Å²) in [5.41, 5.74) is 0.265. The second-order valence-electron chi connectivity index (χ2n) is 5.08. The Morgan fingerprint density at radius 1 is 0.923 bits per heavy atom. The number of ketones is 1. The quantitative estimate of drug-likeness (QED) is 0.628. The topological polar surface area (TPSA) is 84.5 Å². The van der Waals surface area contributed by atoms with Crippen LogP contribution in [0.5, 0.6) is 5.75 Å². The molecule has 0 aliphatic rings. The number of carbonyl (C=O) groups excluding carboxylic acids is 3. The molecular weight excluding hydrogens is 353 g/mol. The van der Waals surface area contributed by atoms with E-state index in [0.717, 1.165) is 24.3 Å². The third kappa shape index (κ3) is 5.33. The number of hydrogen-bond donors (Lipinski definition) is 2. The second kappa shape index (κ2) is 7.68. The maximum atomic E-state index is 12.3. The van der Waals surface area contributed by atoms with E-state index >= 15 is 0 Å². The van der Waals surface area contributed by atoms with Gasteiger partial charge < -0.3 is 15.4 Å². The van der Waals surface area contributed by atoms with Crippen LogP contribution in [-0.4, -0.2) is 24.0 Å². The minimum absolute atomic E-state index is 0.0165. The molecule has 2 aromatic carbocycles. The molecule has 2 aromatic rings. The van der Waals surface area contributed by atoms with Gasteiger partial charge in [0.15, 0.2) is 0 Å². The number of ether oxygens (including phenoxy) is 1. The average Bonchev–Trinajstić information content (AvgIpc) is 2.54. The predicted molar refractivity (Wildman–Crippen MR) is 86.8 cm³/mol. The largest absolute Gasteiger partial charge is 0.573 e. The fraction of sp³-hybridized carbons (Fsp3) is 0.118. The minimum atomic E-state index is -4.83. The van der Waals surface area contributed by atoms with Crippen LogP contribution in [0.4, 0.5) is 24.5 Å². The van der Waals surface area contributed by atoms with Crippen molar-refractivity contribution in [2.45, 2.75) is 13.3 Å². The summed E-state index contributed by atoms with van der Waals surface area (Å²) in [4.78, 5) is 35.5. The lowest BCUT2D eigenvalue weighted by molar-refractivity contribution is -0.274. The summed E-state index contributed by atoms with van der Waals surface area (Å²) in [6.07, 6.45) is -4.83. The molecule has 0 bridgehead atoms. The molecule has 136 valence electrons. The van der Waals surface area contributed by atoms with Gasteiger partial charge in [0.25, 0.3) is 11.7 Å². The molecule has 0 aromatic heterocycles. The van der Waals surface area contributed by atoms with Crippen molar-refractivity contribution in [3.05, 3.63) is 54.1 Å². The van der Waals surface area contributed by atoms with Crippen LogP contribution in [0, 0.1) is 0 Å². The lowest BCUT2D eigenvalue weighted by Gasteiger charge is -2.11. The first kappa shape index (κ1) is 19.0. The Morgan fingerprint density at radius 2 is 1.54 bits per heavy atom. The van der Waals surface area contributed by atoms with Gasteiger partial charge in [-0.05, 0) is 36.4 Å². The minimum Gasteiger partial charge on any atom is -0.406 e. The van der Waals surface area contributed by atoms with Gasteiger partial charge >= 0.3 is 6.36 Å². The summed E-state index contributed by atoms with van der Waals surface area (Å²) in [5, 5.41) is 4.71. The number of carbonyl (C=O) groups is 3. The zero-order valence-electron chi connectivity index (χ0n) is 13.4. The summed E-state index contributed by atoms with van der Waals surface area (Å²) in [6.45, 7) is 1.26. The summed E-state index contributed by atoms with van der Waals surface area (Å²) in [5.74, 6) is -2.79. The lowest BCUT2D eigenvalue weighted by atomic mass is 10.1. The third-order valence-electron chi connectivity index (χ3n) is 3.03. The normalized spacial score (nSPS) is 10.8. The van der Waals surface area contributed by atoms with Crippen LogP contribution in [0.15, 0.2) is 48.5 Å². The predicted octanol–water partition coefficient (Wildman–Crippen LogP) is 3.37. The molecular formula is C17H13F3N2O4. The molecule has 0 spiro atoms. The van der Waals surface area contributed by atoms with Crippen molar-refractivity contribution in [1.82, 2.24) is 0 Å². The molecule has 0 atom stereocenters. The van der Waals surface area contributed by atoms with Crippen LogP contribution in [0.3, 0.4) is 0 Å². The van der Waals surface area contributed by atoms with Gasteiger partial charge in [-0.3, -0.25) is 14.4 Å². The Balaban J connectivity index is 2.10.